The topological polar surface area (TPSA) is 67.5 Å². The van der Waals surface area contributed by atoms with E-state index in [-0.39, 0.29) is 17.7 Å². The summed E-state index contributed by atoms with van der Waals surface area (Å²) in [7, 11) is 0. The summed E-state index contributed by atoms with van der Waals surface area (Å²) >= 11 is 5.64. The first-order chi connectivity index (χ1) is 9.60. The Bertz CT molecular complexity index is 522. The molecule has 1 fully saturated rings. The van der Waals surface area contributed by atoms with E-state index in [0.717, 1.165) is 42.6 Å². The Labute approximate surface area is 124 Å². The van der Waals surface area contributed by atoms with Crippen LogP contribution in [0.5, 0.6) is 0 Å². The Morgan fingerprint density at radius 2 is 2.15 bits per heavy atom. The van der Waals surface area contributed by atoms with Gasteiger partial charge in [0, 0.05) is 11.6 Å². The Morgan fingerprint density at radius 1 is 1.45 bits per heavy atom. The summed E-state index contributed by atoms with van der Waals surface area (Å²) < 4.78 is 0. The first-order valence-corrected chi connectivity index (χ1v) is 7.44. The minimum Gasteiger partial charge on any atom is -0.386 e. The molecule has 0 aliphatic heterocycles. The molecule has 0 heterocycles. The molecule has 1 aromatic carbocycles. The van der Waals surface area contributed by atoms with Gasteiger partial charge in [0.15, 0.2) is 0 Å². The lowest BCUT2D eigenvalue weighted by Crippen LogP contribution is -2.20. The number of benzene rings is 1. The van der Waals surface area contributed by atoms with Crippen molar-refractivity contribution in [2.45, 2.75) is 32.6 Å². The molecule has 2 rings (SSSR count). The number of carbonyl (C=O) groups is 1. The summed E-state index contributed by atoms with van der Waals surface area (Å²) in [5.41, 5.74) is 8.15. The number of nitrogens with two attached hydrogens (primary N) is 1. The van der Waals surface area contributed by atoms with Gasteiger partial charge in [-0.3, -0.25) is 4.79 Å². The van der Waals surface area contributed by atoms with Gasteiger partial charge in [0.1, 0.15) is 5.84 Å². The Kier molecular flexibility index (Phi) is 5.01. The van der Waals surface area contributed by atoms with Crippen molar-refractivity contribution in [2.24, 2.45) is 16.6 Å². The standard InChI is InChI=1S/C15H20ClN3O/c1-10-6-7-12(8-13(10)19-14(17)9-16)18-15(20)11-4-2-3-5-11/h6-8,11H,2-5,9H2,1H3,(H2,17,19)(H,18,20). The van der Waals surface area contributed by atoms with Crippen molar-refractivity contribution in [3.63, 3.8) is 0 Å². The molecule has 108 valence electrons. The number of rotatable bonds is 4. The number of amides is 1. The maximum Gasteiger partial charge on any atom is 0.227 e. The van der Waals surface area contributed by atoms with Crippen LogP contribution in [0.4, 0.5) is 11.4 Å². The number of amidine groups is 1. The molecule has 0 atom stereocenters. The highest BCUT2D eigenvalue weighted by molar-refractivity contribution is 6.28. The van der Waals surface area contributed by atoms with Crippen molar-refractivity contribution in [3.05, 3.63) is 23.8 Å². The zero-order valence-electron chi connectivity index (χ0n) is 11.7. The molecular weight excluding hydrogens is 274 g/mol. The SMILES string of the molecule is Cc1ccc(NC(=O)C2CCCC2)cc1N=C(N)CCl. The average Bonchev–Trinajstić information content (AvgIpc) is 2.96. The number of hydrogen-bond acceptors (Lipinski definition) is 2. The van der Waals surface area contributed by atoms with Gasteiger partial charge in [-0.15, -0.1) is 11.6 Å². The fraction of sp³-hybridized carbons (Fsp3) is 0.467. The molecule has 4 nitrogen and oxygen atoms in total. The highest BCUT2D eigenvalue weighted by atomic mass is 35.5. The van der Waals surface area contributed by atoms with Crippen LogP contribution in [0.15, 0.2) is 23.2 Å². The number of aliphatic imine (C=N–C) groups is 1. The Hall–Kier alpha value is -1.55. The molecule has 20 heavy (non-hydrogen) atoms. The second-order valence-corrected chi connectivity index (χ2v) is 5.48. The smallest absolute Gasteiger partial charge is 0.227 e. The predicted octanol–water partition coefficient (Wildman–Crippen LogP) is 3.35. The lowest BCUT2D eigenvalue weighted by Gasteiger charge is -2.11. The molecule has 0 radical (unpaired) electrons. The van der Waals surface area contributed by atoms with Crippen LogP contribution in [0.2, 0.25) is 0 Å². The van der Waals surface area contributed by atoms with Gasteiger partial charge in [-0.05, 0) is 37.5 Å². The lowest BCUT2D eigenvalue weighted by atomic mass is 10.1. The number of anilines is 1. The number of alkyl halides is 1. The second-order valence-electron chi connectivity index (χ2n) is 5.21. The number of carbonyl (C=O) groups excluding carboxylic acids is 1. The summed E-state index contributed by atoms with van der Waals surface area (Å²) in [5.74, 6) is 0.815. The zero-order chi connectivity index (χ0) is 14.5. The van der Waals surface area contributed by atoms with Crippen molar-refractivity contribution < 1.29 is 4.79 Å². The van der Waals surface area contributed by atoms with E-state index in [2.05, 4.69) is 10.3 Å². The van der Waals surface area contributed by atoms with Crippen molar-refractivity contribution in [2.75, 3.05) is 11.2 Å². The molecule has 0 bridgehead atoms. The molecule has 0 unspecified atom stereocenters. The number of hydrogen-bond donors (Lipinski definition) is 2. The van der Waals surface area contributed by atoms with E-state index < -0.39 is 0 Å². The van der Waals surface area contributed by atoms with Crippen LogP contribution in [-0.4, -0.2) is 17.6 Å². The van der Waals surface area contributed by atoms with E-state index >= 15 is 0 Å². The van der Waals surface area contributed by atoms with Crippen LogP contribution < -0.4 is 11.1 Å². The van der Waals surface area contributed by atoms with Crippen LogP contribution in [0, 0.1) is 12.8 Å². The van der Waals surface area contributed by atoms with Crippen LogP contribution in [0.25, 0.3) is 0 Å². The van der Waals surface area contributed by atoms with Crippen LogP contribution in [0.1, 0.15) is 31.2 Å². The number of nitrogens with zero attached hydrogens (tertiary/aromatic N) is 1. The lowest BCUT2D eigenvalue weighted by molar-refractivity contribution is -0.119. The molecule has 1 amide bonds. The van der Waals surface area contributed by atoms with E-state index in [4.69, 9.17) is 17.3 Å². The molecule has 0 saturated heterocycles. The van der Waals surface area contributed by atoms with Crippen molar-refractivity contribution in [3.8, 4) is 0 Å². The Balaban J connectivity index is 2.12. The van der Waals surface area contributed by atoms with Gasteiger partial charge in [0.25, 0.3) is 0 Å². The zero-order valence-corrected chi connectivity index (χ0v) is 12.4. The third kappa shape index (κ3) is 3.73. The predicted molar refractivity (Wildman–Crippen MR) is 83.8 cm³/mol. The van der Waals surface area contributed by atoms with Gasteiger partial charge in [-0.2, -0.15) is 0 Å². The summed E-state index contributed by atoms with van der Waals surface area (Å²) in [6, 6.07) is 5.64. The second kappa shape index (κ2) is 6.75. The van der Waals surface area contributed by atoms with Gasteiger partial charge in [0.2, 0.25) is 5.91 Å². The molecule has 1 aliphatic carbocycles. The maximum absolute atomic E-state index is 12.1. The normalized spacial score (nSPS) is 16.4. The van der Waals surface area contributed by atoms with Gasteiger partial charge >= 0.3 is 0 Å². The number of nitrogens with one attached hydrogen (secondary N) is 1. The van der Waals surface area contributed by atoms with Crippen molar-refractivity contribution >= 4 is 34.7 Å². The molecule has 1 saturated carbocycles. The first kappa shape index (κ1) is 14.9. The van der Waals surface area contributed by atoms with E-state index in [0.29, 0.717) is 5.84 Å². The average molecular weight is 294 g/mol. The number of halogens is 1. The minimum absolute atomic E-state index is 0.103. The van der Waals surface area contributed by atoms with Gasteiger partial charge in [0.05, 0.1) is 11.6 Å². The highest BCUT2D eigenvalue weighted by Gasteiger charge is 2.22. The first-order valence-electron chi connectivity index (χ1n) is 6.90. The monoisotopic (exact) mass is 293 g/mol. The quantitative estimate of drug-likeness (QED) is 0.508. The maximum atomic E-state index is 12.1. The largest absolute Gasteiger partial charge is 0.386 e. The highest BCUT2D eigenvalue weighted by Crippen LogP contribution is 2.28. The Morgan fingerprint density at radius 3 is 2.80 bits per heavy atom. The van der Waals surface area contributed by atoms with Gasteiger partial charge < -0.3 is 11.1 Å². The molecular formula is C15H20ClN3O. The molecule has 3 N–H and O–H groups in total. The van der Waals surface area contributed by atoms with Gasteiger partial charge in [-0.1, -0.05) is 18.9 Å². The van der Waals surface area contributed by atoms with Crippen LogP contribution in [0.3, 0.4) is 0 Å². The molecule has 1 aromatic rings. The fourth-order valence-corrected chi connectivity index (χ4v) is 2.48. The molecule has 0 spiro atoms. The minimum atomic E-state index is 0.103. The summed E-state index contributed by atoms with van der Waals surface area (Å²) in [4.78, 5) is 16.4. The van der Waals surface area contributed by atoms with E-state index in [9.17, 15) is 4.79 Å². The van der Waals surface area contributed by atoms with E-state index in [1.807, 2.05) is 25.1 Å². The summed E-state index contributed by atoms with van der Waals surface area (Å²) in [6.45, 7) is 1.95. The van der Waals surface area contributed by atoms with Crippen LogP contribution >= 0.6 is 11.6 Å². The third-order valence-corrected chi connectivity index (χ3v) is 3.88. The number of aryl methyl sites for hydroxylation is 1. The van der Waals surface area contributed by atoms with Gasteiger partial charge in [-0.25, -0.2) is 4.99 Å². The fourth-order valence-electron chi connectivity index (χ4n) is 2.42. The summed E-state index contributed by atoms with van der Waals surface area (Å²) in [6.07, 6.45) is 4.27. The summed E-state index contributed by atoms with van der Waals surface area (Å²) in [5, 5.41) is 2.96. The third-order valence-electron chi connectivity index (χ3n) is 3.60. The molecule has 0 aromatic heterocycles. The molecule has 5 heteroatoms. The van der Waals surface area contributed by atoms with E-state index in [1.54, 1.807) is 0 Å². The van der Waals surface area contributed by atoms with Crippen molar-refractivity contribution in [1.29, 1.82) is 0 Å². The van der Waals surface area contributed by atoms with E-state index in [1.165, 1.54) is 0 Å². The van der Waals surface area contributed by atoms with Crippen molar-refractivity contribution in [1.82, 2.24) is 0 Å². The van der Waals surface area contributed by atoms with Crippen LogP contribution in [-0.2, 0) is 4.79 Å². The molecule has 1 aliphatic rings.